The highest BCUT2D eigenvalue weighted by Crippen LogP contribution is 2.21. The van der Waals surface area contributed by atoms with Crippen molar-refractivity contribution in [3.05, 3.63) is 33.3 Å². The number of hydrogen-bond donors (Lipinski definition) is 3. The molecule has 0 aromatic heterocycles. The lowest BCUT2D eigenvalue weighted by Crippen LogP contribution is -2.43. The summed E-state index contributed by atoms with van der Waals surface area (Å²) < 4.78 is 0.705. The van der Waals surface area contributed by atoms with E-state index >= 15 is 0 Å². The number of benzene rings is 1. The van der Waals surface area contributed by atoms with E-state index in [1.807, 2.05) is 0 Å². The minimum absolute atomic E-state index is 0.148. The Balaban J connectivity index is 2.86. The van der Waals surface area contributed by atoms with E-state index in [4.69, 9.17) is 21.8 Å². The molecule has 92 valence electrons. The second kappa shape index (κ2) is 6.00. The van der Waals surface area contributed by atoms with Crippen molar-refractivity contribution in [2.75, 3.05) is 6.61 Å². The van der Waals surface area contributed by atoms with Crippen LogP contribution in [0.5, 0.6) is 0 Å². The van der Waals surface area contributed by atoms with Crippen molar-refractivity contribution >= 4 is 39.4 Å². The van der Waals surface area contributed by atoms with Crippen LogP contribution in [0.1, 0.15) is 10.4 Å². The van der Waals surface area contributed by atoms with Gasteiger partial charge in [0.15, 0.2) is 6.04 Å². The molecule has 0 aliphatic rings. The zero-order valence-electron chi connectivity index (χ0n) is 8.48. The van der Waals surface area contributed by atoms with Crippen LogP contribution in [0.3, 0.4) is 0 Å². The second-order valence-electron chi connectivity index (χ2n) is 3.17. The highest BCUT2D eigenvalue weighted by Gasteiger charge is 2.20. The summed E-state index contributed by atoms with van der Waals surface area (Å²) in [5.74, 6) is -1.96. The summed E-state index contributed by atoms with van der Waals surface area (Å²) in [6.07, 6.45) is 0. The summed E-state index contributed by atoms with van der Waals surface area (Å²) in [5, 5.41) is 19.8. The van der Waals surface area contributed by atoms with Gasteiger partial charge in [-0.15, -0.1) is 0 Å². The molecule has 0 radical (unpaired) electrons. The van der Waals surface area contributed by atoms with Crippen molar-refractivity contribution in [1.29, 1.82) is 0 Å². The van der Waals surface area contributed by atoms with Crippen LogP contribution in [0, 0.1) is 0 Å². The molecule has 0 saturated carbocycles. The number of aliphatic hydroxyl groups excluding tert-OH is 1. The first-order chi connectivity index (χ1) is 7.95. The topological polar surface area (TPSA) is 86.6 Å². The molecule has 0 aliphatic carbocycles. The van der Waals surface area contributed by atoms with Gasteiger partial charge in [-0.1, -0.05) is 27.5 Å². The summed E-state index contributed by atoms with van der Waals surface area (Å²) in [4.78, 5) is 22.3. The van der Waals surface area contributed by atoms with Gasteiger partial charge in [0.2, 0.25) is 0 Å². The molecule has 0 unspecified atom stereocenters. The zero-order chi connectivity index (χ0) is 13.0. The van der Waals surface area contributed by atoms with Crippen LogP contribution in [0.25, 0.3) is 0 Å². The molecule has 1 aromatic carbocycles. The molecule has 0 saturated heterocycles. The Labute approximate surface area is 111 Å². The molecule has 1 rings (SSSR count). The highest BCUT2D eigenvalue weighted by atomic mass is 79.9. The first-order valence-corrected chi connectivity index (χ1v) is 5.72. The summed E-state index contributed by atoms with van der Waals surface area (Å²) in [7, 11) is 0. The lowest BCUT2D eigenvalue weighted by Gasteiger charge is -2.12. The first kappa shape index (κ1) is 14.0. The standard InChI is InChI=1S/C10H9BrClNO4/c11-5-1-2-6(7(12)3-5)9(15)13-8(4-14)10(16)17/h1-3,8,14H,4H2,(H,13,15)(H,16,17)/t8-/m0/s1. The molecule has 0 fully saturated rings. The van der Waals surface area contributed by atoms with Crippen LogP contribution in [0.4, 0.5) is 0 Å². The van der Waals surface area contributed by atoms with Gasteiger partial charge in [0, 0.05) is 4.47 Å². The molecule has 0 heterocycles. The minimum Gasteiger partial charge on any atom is -0.480 e. The average Bonchev–Trinajstić information content (AvgIpc) is 2.24. The van der Waals surface area contributed by atoms with E-state index in [0.29, 0.717) is 4.47 Å². The maximum absolute atomic E-state index is 11.7. The second-order valence-corrected chi connectivity index (χ2v) is 4.49. The number of amides is 1. The number of halogens is 2. The molecule has 0 aliphatic heterocycles. The van der Waals surface area contributed by atoms with E-state index in [0.717, 1.165) is 0 Å². The average molecular weight is 323 g/mol. The third kappa shape index (κ3) is 3.69. The fourth-order valence-electron chi connectivity index (χ4n) is 1.10. The van der Waals surface area contributed by atoms with Crippen molar-refractivity contribution in [1.82, 2.24) is 5.32 Å². The first-order valence-electron chi connectivity index (χ1n) is 4.55. The number of carbonyl (C=O) groups is 2. The van der Waals surface area contributed by atoms with Gasteiger partial charge >= 0.3 is 5.97 Å². The number of hydrogen-bond acceptors (Lipinski definition) is 3. The Bertz CT molecular complexity index is 452. The van der Waals surface area contributed by atoms with E-state index < -0.39 is 24.5 Å². The Kier molecular flexibility index (Phi) is 4.92. The van der Waals surface area contributed by atoms with Gasteiger partial charge in [-0.2, -0.15) is 0 Å². The lowest BCUT2D eigenvalue weighted by molar-refractivity contribution is -0.140. The smallest absolute Gasteiger partial charge is 0.328 e. The summed E-state index contributed by atoms with van der Waals surface area (Å²) in [6, 6.07) is 3.24. The lowest BCUT2D eigenvalue weighted by atomic mass is 10.2. The minimum atomic E-state index is -1.35. The molecule has 5 nitrogen and oxygen atoms in total. The van der Waals surface area contributed by atoms with Crippen LogP contribution < -0.4 is 5.32 Å². The molecule has 0 bridgehead atoms. The van der Waals surface area contributed by atoms with Gasteiger partial charge in [-0.05, 0) is 18.2 Å². The van der Waals surface area contributed by atoms with Crippen molar-refractivity contribution in [3.8, 4) is 0 Å². The van der Waals surface area contributed by atoms with E-state index in [-0.39, 0.29) is 10.6 Å². The van der Waals surface area contributed by atoms with Gasteiger partial charge in [0.25, 0.3) is 5.91 Å². The molecule has 1 atom stereocenters. The van der Waals surface area contributed by atoms with E-state index in [9.17, 15) is 9.59 Å². The molecular weight excluding hydrogens is 313 g/mol. The predicted molar refractivity (Wildman–Crippen MR) is 65.1 cm³/mol. The quantitative estimate of drug-likeness (QED) is 0.779. The Hall–Kier alpha value is -1.11. The molecule has 17 heavy (non-hydrogen) atoms. The Morgan fingerprint density at radius 3 is 2.59 bits per heavy atom. The predicted octanol–water partition coefficient (Wildman–Crippen LogP) is 1.28. The summed E-state index contributed by atoms with van der Waals surface area (Å²) in [6.45, 7) is -0.685. The van der Waals surface area contributed by atoms with Crippen LogP contribution in [0.2, 0.25) is 5.02 Å². The van der Waals surface area contributed by atoms with E-state index in [1.165, 1.54) is 12.1 Å². The van der Waals surface area contributed by atoms with Gasteiger partial charge < -0.3 is 15.5 Å². The maximum Gasteiger partial charge on any atom is 0.328 e. The van der Waals surface area contributed by atoms with Gasteiger partial charge in [-0.3, -0.25) is 4.79 Å². The number of nitrogens with one attached hydrogen (secondary N) is 1. The van der Waals surface area contributed by atoms with Crippen molar-refractivity contribution in [2.24, 2.45) is 0 Å². The van der Waals surface area contributed by atoms with E-state index in [1.54, 1.807) is 6.07 Å². The SMILES string of the molecule is O=C(N[C@@H](CO)C(=O)O)c1ccc(Br)cc1Cl. The van der Waals surface area contributed by atoms with Crippen LogP contribution in [0.15, 0.2) is 22.7 Å². The summed E-state index contributed by atoms with van der Waals surface area (Å²) in [5.41, 5.74) is 0.148. The Morgan fingerprint density at radius 1 is 1.47 bits per heavy atom. The molecular formula is C10H9BrClNO4. The maximum atomic E-state index is 11.7. The zero-order valence-corrected chi connectivity index (χ0v) is 10.8. The van der Waals surface area contributed by atoms with Crippen molar-refractivity contribution in [3.63, 3.8) is 0 Å². The van der Waals surface area contributed by atoms with Crippen LogP contribution >= 0.6 is 27.5 Å². The highest BCUT2D eigenvalue weighted by molar-refractivity contribution is 9.10. The molecule has 1 aromatic rings. The number of carboxylic acid groups (broad SMARTS) is 1. The number of aliphatic hydroxyl groups is 1. The number of aliphatic carboxylic acids is 1. The molecule has 3 N–H and O–H groups in total. The number of carbonyl (C=O) groups excluding carboxylic acids is 1. The number of rotatable bonds is 4. The van der Waals surface area contributed by atoms with Gasteiger partial charge in [0.1, 0.15) is 0 Å². The number of carboxylic acids is 1. The largest absolute Gasteiger partial charge is 0.480 e. The Morgan fingerprint density at radius 2 is 2.12 bits per heavy atom. The van der Waals surface area contributed by atoms with Gasteiger partial charge in [-0.25, -0.2) is 4.79 Å². The van der Waals surface area contributed by atoms with Gasteiger partial charge in [0.05, 0.1) is 17.2 Å². The van der Waals surface area contributed by atoms with Crippen LogP contribution in [-0.4, -0.2) is 34.7 Å². The van der Waals surface area contributed by atoms with Crippen LogP contribution in [-0.2, 0) is 4.79 Å². The fraction of sp³-hybridized carbons (Fsp3) is 0.200. The normalized spacial score (nSPS) is 11.9. The summed E-state index contributed by atoms with van der Waals surface area (Å²) >= 11 is 9.01. The molecule has 1 amide bonds. The third-order valence-corrected chi connectivity index (χ3v) is 2.77. The monoisotopic (exact) mass is 321 g/mol. The fourth-order valence-corrected chi connectivity index (χ4v) is 1.85. The van der Waals surface area contributed by atoms with Crippen molar-refractivity contribution in [2.45, 2.75) is 6.04 Å². The van der Waals surface area contributed by atoms with E-state index in [2.05, 4.69) is 21.2 Å². The molecule has 7 heteroatoms. The molecule has 0 spiro atoms. The third-order valence-electron chi connectivity index (χ3n) is 1.96. The van der Waals surface area contributed by atoms with Crippen molar-refractivity contribution < 1.29 is 19.8 Å².